The molecule has 0 radical (unpaired) electrons. The van der Waals surface area contributed by atoms with Crippen molar-refractivity contribution in [3.05, 3.63) is 84.4 Å². The summed E-state index contributed by atoms with van der Waals surface area (Å²) in [6, 6.07) is 22.4. The summed E-state index contributed by atoms with van der Waals surface area (Å²) in [6.07, 6.45) is 0.0731. The SMILES string of the molecule is CC(C)Oc1ccc(-c2cc(C(=O)Nc3ccc(S(N)(=O)=O)cc3)c3ccccc3n2)cc1. The quantitative estimate of drug-likeness (QED) is 0.436. The predicted octanol–water partition coefficient (Wildman–Crippen LogP) is 4.59. The van der Waals surface area contributed by atoms with Gasteiger partial charge in [0.2, 0.25) is 10.0 Å². The van der Waals surface area contributed by atoms with Crippen molar-refractivity contribution < 1.29 is 17.9 Å². The number of hydrogen-bond donors (Lipinski definition) is 2. The van der Waals surface area contributed by atoms with Gasteiger partial charge in [-0.2, -0.15) is 0 Å². The molecule has 0 bridgehead atoms. The van der Waals surface area contributed by atoms with Gasteiger partial charge in [-0.1, -0.05) is 18.2 Å². The number of nitrogens with two attached hydrogens (primary N) is 1. The number of amides is 1. The molecule has 0 aliphatic rings. The highest BCUT2D eigenvalue weighted by Crippen LogP contribution is 2.27. The van der Waals surface area contributed by atoms with Crippen LogP contribution in [-0.4, -0.2) is 25.4 Å². The van der Waals surface area contributed by atoms with E-state index in [0.717, 1.165) is 11.3 Å². The fraction of sp³-hybridized carbons (Fsp3) is 0.120. The maximum atomic E-state index is 13.2. The van der Waals surface area contributed by atoms with E-state index in [1.807, 2.05) is 62.4 Å². The van der Waals surface area contributed by atoms with E-state index in [2.05, 4.69) is 5.32 Å². The average molecular weight is 462 g/mol. The number of ether oxygens (including phenoxy) is 1. The Bertz CT molecular complexity index is 1410. The molecular weight excluding hydrogens is 438 g/mol. The lowest BCUT2D eigenvalue weighted by Crippen LogP contribution is -2.14. The molecule has 1 aromatic heterocycles. The molecule has 0 aliphatic carbocycles. The average Bonchev–Trinajstić information content (AvgIpc) is 2.78. The van der Waals surface area contributed by atoms with Crippen LogP contribution in [0.3, 0.4) is 0 Å². The van der Waals surface area contributed by atoms with Crippen molar-refractivity contribution in [2.75, 3.05) is 5.32 Å². The topological polar surface area (TPSA) is 111 Å². The van der Waals surface area contributed by atoms with Gasteiger partial charge in [-0.15, -0.1) is 0 Å². The van der Waals surface area contributed by atoms with E-state index in [0.29, 0.717) is 27.8 Å². The first-order chi connectivity index (χ1) is 15.7. The van der Waals surface area contributed by atoms with Gasteiger partial charge in [0.15, 0.2) is 0 Å². The standard InChI is InChI=1S/C25H23N3O4S/c1-16(2)32-19-11-7-17(8-12-19)24-15-22(21-5-3-4-6-23(21)28-24)25(29)27-18-9-13-20(14-10-18)33(26,30)31/h3-16H,1-2H3,(H,27,29)(H2,26,30,31). The molecule has 0 atom stereocenters. The van der Waals surface area contributed by atoms with Gasteiger partial charge in [0.25, 0.3) is 5.91 Å². The van der Waals surface area contributed by atoms with E-state index in [-0.39, 0.29) is 16.9 Å². The Morgan fingerprint density at radius 2 is 1.64 bits per heavy atom. The molecule has 4 aromatic rings. The highest BCUT2D eigenvalue weighted by atomic mass is 32.2. The molecule has 3 aromatic carbocycles. The monoisotopic (exact) mass is 461 g/mol. The van der Waals surface area contributed by atoms with Gasteiger partial charge in [-0.05, 0) is 74.5 Å². The van der Waals surface area contributed by atoms with Crippen LogP contribution in [0.15, 0.2) is 83.8 Å². The van der Waals surface area contributed by atoms with Crippen molar-refractivity contribution in [3.8, 4) is 17.0 Å². The van der Waals surface area contributed by atoms with Crippen LogP contribution >= 0.6 is 0 Å². The number of carbonyl (C=O) groups excluding carboxylic acids is 1. The number of benzene rings is 3. The minimum absolute atomic E-state index is 0.0259. The number of aromatic nitrogens is 1. The van der Waals surface area contributed by atoms with Crippen LogP contribution in [0.25, 0.3) is 22.2 Å². The second-order valence-electron chi connectivity index (χ2n) is 7.79. The summed E-state index contributed by atoms with van der Waals surface area (Å²) in [5.74, 6) is 0.424. The molecular formula is C25H23N3O4S. The van der Waals surface area contributed by atoms with Crippen LogP contribution in [0.2, 0.25) is 0 Å². The summed E-state index contributed by atoms with van der Waals surface area (Å²) in [5.41, 5.74) is 3.09. The molecule has 4 rings (SSSR count). The fourth-order valence-corrected chi connectivity index (χ4v) is 3.93. The minimum atomic E-state index is -3.81. The number of para-hydroxylation sites is 1. The van der Waals surface area contributed by atoms with Crippen LogP contribution in [0.5, 0.6) is 5.75 Å². The Balaban J connectivity index is 1.69. The van der Waals surface area contributed by atoms with Gasteiger partial charge in [-0.25, -0.2) is 18.5 Å². The highest BCUT2D eigenvalue weighted by Gasteiger charge is 2.15. The van der Waals surface area contributed by atoms with Gasteiger partial charge in [-0.3, -0.25) is 4.79 Å². The molecule has 7 nitrogen and oxygen atoms in total. The first kappa shape index (κ1) is 22.4. The van der Waals surface area contributed by atoms with E-state index < -0.39 is 10.0 Å². The minimum Gasteiger partial charge on any atom is -0.491 e. The molecule has 1 heterocycles. The van der Waals surface area contributed by atoms with Crippen LogP contribution in [-0.2, 0) is 10.0 Å². The third-order valence-electron chi connectivity index (χ3n) is 4.92. The van der Waals surface area contributed by atoms with Gasteiger partial charge in [0, 0.05) is 16.6 Å². The van der Waals surface area contributed by atoms with Gasteiger partial charge in [0.05, 0.1) is 27.8 Å². The number of carbonyl (C=O) groups is 1. The zero-order chi connectivity index (χ0) is 23.6. The third kappa shape index (κ3) is 5.19. The number of sulfonamides is 1. The van der Waals surface area contributed by atoms with Gasteiger partial charge in [0.1, 0.15) is 5.75 Å². The van der Waals surface area contributed by atoms with Crippen LogP contribution in [0, 0.1) is 0 Å². The molecule has 1 amide bonds. The van der Waals surface area contributed by atoms with Crippen molar-refractivity contribution in [1.29, 1.82) is 0 Å². The lowest BCUT2D eigenvalue weighted by Gasteiger charge is -2.12. The van der Waals surface area contributed by atoms with Gasteiger partial charge >= 0.3 is 0 Å². The zero-order valence-electron chi connectivity index (χ0n) is 18.1. The van der Waals surface area contributed by atoms with Crippen molar-refractivity contribution >= 4 is 32.5 Å². The largest absolute Gasteiger partial charge is 0.491 e. The summed E-state index contributed by atoms with van der Waals surface area (Å²) < 4.78 is 28.6. The number of nitrogens with zero attached hydrogens (tertiary/aromatic N) is 1. The van der Waals surface area contributed by atoms with Crippen molar-refractivity contribution in [1.82, 2.24) is 4.98 Å². The Hall–Kier alpha value is -3.75. The molecule has 0 unspecified atom stereocenters. The molecule has 0 fully saturated rings. The normalized spacial score (nSPS) is 11.5. The smallest absolute Gasteiger partial charge is 0.256 e. The van der Waals surface area contributed by atoms with Gasteiger partial charge < -0.3 is 10.1 Å². The molecule has 3 N–H and O–H groups in total. The highest BCUT2D eigenvalue weighted by molar-refractivity contribution is 7.89. The Labute approximate surface area is 192 Å². The summed E-state index contributed by atoms with van der Waals surface area (Å²) in [4.78, 5) is 17.9. The first-order valence-electron chi connectivity index (χ1n) is 10.3. The first-order valence-corrected chi connectivity index (χ1v) is 11.9. The number of rotatable bonds is 6. The summed E-state index contributed by atoms with van der Waals surface area (Å²) in [7, 11) is -3.81. The summed E-state index contributed by atoms with van der Waals surface area (Å²) in [6.45, 7) is 3.93. The van der Waals surface area contributed by atoms with E-state index >= 15 is 0 Å². The molecule has 0 aliphatic heterocycles. The lowest BCUT2D eigenvalue weighted by atomic mass is 10.0. The molecule has 8 heteroatoms. The van der Waals surface area contributed by atoms with Crippen LogP contribution in [0.4, 0.5) is 5.69 Å². The van der Waals surface area contributed by atoms with Crippen molar-refractivity contribution in [3.63, 3.8) is 0 Å². The number of hydrogen-bond acceptors (Lipinski definition) is 5. The molecule has 0 saturated heterocycles. The summed E-state index contributed by atoms with van der Waals surface area (Å²) in [5, 5.41) is 8.66. The van der Waals surface area contributed by atoms with Crippen LogP contribution in [0.1, 0.15) is 24.2 Å². The number of primary sulfonamides is 1. The zero-order valence-corrected chi connectivity index (χ0v) is 19.0. The maximum absolute atomic E-state index is 13.2. The van der Waals surface area contributed by atoms with E-state index in [1.165, 1.54) is 24.3 Å². The molecule has 0 saturated carbocycles. The summed E-state index contributed by atoms with van der Waals surface area (Å²) >= 11 is 0. The predicted molar refractivity (Wildman–Crippen MR) is 129 cm³/mol. The molecule has 168 valence electrons. The van der Waals surface area contributed by atoms with E-state index in [4.69, 9.17) is 14.9 Å². The molecule has 0 spiro atoms. The van der Waals surface area contributed by atoms with E-state index in [1.54, 1.807) is 6.07 Å². The molecule has 33 heavy (non-hydrogen) atoms. The Morgan fingerprint density at radius 1 is 0.970 bits per heavy atom. The van der Waals surface area contributed by atoms with Crippen molar-refractivity contribution in [2.24, 2.45) is 5.14 Å². The van der Waals surface area contributed by atoms with Crippen molar-refractivity contribution in [2.45, 2.75) is 24.8 Å². The number of nitrogens with one attached hydrogen (secondary N) is 1. The second-order valence-corrected chi connectivity index (χ2v) is 9.35. The lowest BCUT2D eigenvalue weighted by molar-refractivity contribution is 0.102. The fourth-order valence-electron chi connectivity index (χ4n) is 3.41. The third-order valence-corrected chi connectivity index (χ3v) is 5.85. The number of anilines is 1. The Kier molecular flexibility index (Phi) is 6.13. The second kappa shape index (κ2) is 9.01. The maximum Gasteiger partial charge on any atom is 0.256 e. The Morgan fingerprint density at radius 3 is 2.27 bits per heavy atom. The van der Waals surface area contributed by atoms with E-state index in [9.17, 15) is 13.2 Å². The number of fused-ring (bicyclic) bond motifs is 1. The van der Waals surface area contributed by atoms with Crippen LogP contribution < -0.4 is 15.2 Å². The number of pyridine rings is 1.